The molecule has 1 aliphatic rings. The maximum absolute atomic E-state index is 12.3. The Kier molecular flexibility index (Phi) is 6.01. The Labute approximate surface area is 159 Å². The molecule has 2 N–H and O–H groups in total. The van der Waals surface area contributed by atoms with E-state index in [9.17, 15) is 9.90 Å². The number of benzene rings is 2. The lowest BCUT2D eigenvalue weighted by atomic mass is 10.1. The molecule has 0 bridgehead atoms. The molecule has 1 atom stereocenters. The topological polar surface area (TPSA) is 55.8 Å². The lowest BCUT2D eigenvalue weighted by molar-refractivity contribution is -0.123. The van der Waals surface area contributed by atoms with Crippen molar-refractivity contribution in [1.29, 1.82) is 0 Å². The Morgan fingerprint density at radius 1 is 1.15 bits per heavy atom. The molecule has 2 aromatic carbocycles. The van der Waals surface area contributed by atoms with Crippen molar-refractivity contribution in [2.24, 2.45) is 0 Å². The van der Waals surface area contributed by atoms with Crippen LogP contribution >= 0.6 is 11.6 Å². The van der Waals surface area contributed by atoms with Crippen LogP contribution in [0.1, 0.15) is 18.5 Å². The first-order valence-corrected chi connectivity index (χ1v) is 9.21. The molecule has 0 unspecified atom stereocenters. The Bertz CT molecular complexity index is 760. The molecule has 1 amide bonds. The third-order valence-electron chi connectivity index (χ3n) is 4.69. The van der Waals surface area contributed by atoms with Crippen molar-refractivity contribution in [2.75, 3.05) is 37.6 Å². The number of amides is 1. The Morgan fingerprint density at radius 2 is 1.88 bits per heavy atom. The van der Waals surface area contributed by atoms with E-state index < -0.39 is 0 Å². The van der Waals surface area contributed by atoms with E-state index in [0.717, 1.165) is 37.4 Å². The highest BCUT2D eigenvalue weighted by Gasteiger charge is 2.21. The number of carbonyl (C=O) groups is 1. The average molecular weight is 374 g/mol. The summed E-state index contributed by atoms with van der Waals surface area (Å²) in [6, 6.07) is 14.8. The number of piperazine rings is 1. The predicted molar refractivity (Wildman–Crippen MR) is 105 cm³/mol. The maximum Gasteiger partial charge on any atom is 0.234 e. The number of hydrogen-bond donors (Lipinski definition) is 2. The van der Waals surface area contributed by atoms with E-state index in [1.165, 1.54) is 0 Å². The molecule has 0 radical (unpaired) electrons. The first-order chi connectivity index (χ1) is 12.5. The first kappa shape index (κ1) is 18.5. The minimum atomic E-state index is -0.0799. The summed E-state index contributed by atoms with van der Waals surface area (Å²) in [5.74, 6) is 0.308. The highest BCUT2D eigenvalue weighted by Crippen LogP contribution is 2.27. The summed E-state index contributed by atoms with van der Waals surface area (Å²) in [5.41, 5.74) is 1.85. The van der Waals surface area contributed by atoms with E-state index in [1.807, 2.05) is 49.4 Å². The van der Waals surface area contributed by atoms with Crippen molar-refractivity contribution in [1.82, 2.24) is 10.2 Å². The van der Waals surface area contributed by atoms with Crippen LogP contribution in [0.3, 0.4) is 0 Å². The number of nitrogens with zero attached hydrogens (tertiary/aromatic N) is 2. The smallest absolute Gasteiger partial charge is 0.234 e. The van der Waals surface area contributed by atoms with Crippen LogP contribution in [0.15, 0.2) is 48.5 Å². The fourth-order valence-corrected chi connectivity index (χ4v) is 3.43. The molecule has 138 valence electrons. The summed E-state index contributed by atoms with van der Waals surface area (Å²) in [6.45, 7) is 5.48. The van der Waals surface area contributed by atoms with Crippen molar-refractivity contribution < 1.29 is 9.90 Å². The molecule has 1 heterocycles. The maximum atomic E-state index is 12.3. The lowest BCUT2D eigenvalue weighted by Crippen LogP contribution is -2.49. The third-order valence-corrected chi connectivity index (χ3v) is 4.92. The highest BCUT2D eigenvalue weighted by molar-refractivity contribution is 6.30. The Morgan fingerprint density at radius 3 is 2.58 bits per heavy atom. The molecule has 0 aliphatic carbocycles. The van der Waals surface area contributed by atoms with Crippen LogP contribution in [0.5, 0.6) is 5.75 Å². The molecular weight excluding hydrogens is 350 g/mol. The monoisotopic (exact) mass is 373 g/mol. The Hall–Kier alpha value is -2.24. The van der Waals surface area contributed by atoms with Crippen molar-refractivity contribution in [3.63, 3.8) is 0 Å². The molecule has 3 rings (SSSR count). The van der Waals surface area contributed by atoms with Gasteiger partial charge in [-0.05, 0) is 36.8 Å². The largest absolute Gasteiger partial charge is 0.506 e. The molecule has 26 heavy (non-hydrogen) atoms. The third kappa shape index (κ3) is 4.68. The zero-order valence-corrected chi connectivity index (χ0v) is 15.6. The lowest BCUT2D eigenvalue weighted by Gasteiger charge is -2.36. The first-order valence-electron chi connectivity index (χ1n) is 8.83. The number of rotatable bonds is 5. The van der Waals surface area contributed by atoms with E-state index in [-0.39, 0.29) is 11.9 Å². The van der Waals surface area contributed by atoms with Gasteiger partial charge in [-0.15, -0.1) is 0 Å². The molecule has 0 saturated carbocycles. The van der Waals surface area contributed by atoms with Gasteiger partial charge in [-0.25, -0.2) is 0 Å². The molecule has 1 aliphatic heterocycles. The van der Waals surface area contributed by atoms with Gasteiger partial charge in [0.15, 0.2) is 0 Å². The molecule has 1 saturated heterocycles. The van der Waals surface area contributed by atoms with E-state index in [0.29, 0.717) is 17.3 Å². The number of anilines is 1. The molecule has 0 spiro atoms. The van der Waals surface area contributed by atoms with Gasteiger partial charge >= 0.3 is 0 Å². The van der Waals surface area contributed by atoms with E-state index in [2.05, 4.69) is 15.1 Å². The number of halogens is 1. The Balaban J connectivity index is 1.48. The molecule has 1 fully saturated rings. The van der Waals surface area contributed by atoms with Gasteiger partial charge < -0.3 is 15.3 Å². The van der Waals surface area contributed by atoms with Gasteiger partial charge in [0.25, 0.3) is 0 Å². The van der Waals surface area contributed by atoms with Crippen molar-refractivity contribution in [2.45, 2.75) is 13.0 Å². The fourth-order valence-electron chi connectivity index (χ4n) is 3.23. The summed E-state index contributed by atoms with van der Waals surface area (Å²) < 4.78 is 0. The number of carbonyl (C=O) groups excluding carboxylic acids is 1. The second-order valence-corrected chi connectivity index (χ2v) is 7.03. The van der Waals surface area contributed by atoms with Gasteiger partial charge in [0, 0.05) is 31.2 Å². The number of hydrogen-bond acceptors (Lipinski definition) is 4. The van der Waals surface area contributed by atoms with Crippen LogP contribution in [0.4, 0.5) is 5.69 Å². The summed E-state index contributed by atoms with van der Waals surface area (Å²) in [6.07, 6.45) is 0. The quantitative estimate of drug-likeness (QED) is 0.845. The zero-order chi connectivity index (χ0) is 18.5. The van der Waals surface area contributed by atoms with E-state index >= 15 is 0 Å². The van der Waals surface area contributed by atoms with Crippen LogP contribution in [-0.2, 0) is 4.79 Å². The van der Waals surface area contributed by atoms with Crippen LogP contribution in [0.2, 0.25) is 5.02 Å². The molecule has 2 aromatic rings. The summed E-state index contributed by atoms with van der Waals surface area (Å²) in [5, 5.41) is 13.7. The molecule has 0 aromatic heterocycles. The number of phenolic OH excluding ortho intramolecular Hbond substituents is 1. The van der Waals surface area contributed by atoms with E-state index in [1.54, 1.807) is 6.07 Å². The van der Waals surface area contributed by atoms with Crippen LogP contribution < -0.4 is 10.2 Å². The minimum Gasteiger partial charge on any atom is -0.506 e. The van der Waals surface area contributed by atoms with Crippen LogP contribution in [-0.4, -0.2) is 48.6 Å². The van der Waals surface area contributed by atoms with Gasteiger partial charge in [0.05, 0.1) is 18.3 Å². The number of para-hydroxylation sites is 2. The van der Waals surface area contributed by atoms with Crippen molar-refractivity contribution in [3.8, 4) is 5.75 Å². The second-order valence-electron chi connectivity index (χ2n) is 6.60. The van der Waals surface area contributed by atoms with Gasteiger partial charge in [-0.2, -0.15) is 0 Å². The normalized spacial score (nSPS) is 16.3. The predicted octanol–water partition coefficient (Wildman–Crippen LogP) is 3.05. The number of nitrogens with one attached hydrogen (secondary N) is 1. The van der Waals surface area contributed by atoms with Crippen molar-refractivity contribution in [3.05, 3.63) is 59.1 Å². The average Bonchev–Trinajstić information content (AvgIpc) is 2.63. The SMILES string of the molecule is C[C@H](NC(=O)CN1CCN(c2ccccc2O)CC1)c1cccc(Cl)c1. The van der Waals surface area contributed by atoms with Gasteiger partial charge in [0.2, 0.25) is 5.91 Å². The summed E-state index contributed by atoms with van der Waals surface area (Å²) in [4.78, 5) is 16.6. The second kappa shape index (κ2) is 8.43. The van der Waals surface area contributed by atoms with Gasteiger partial charge in [0.1, 0.15) is 5.75 Å². The molecule has 6 heteroatoms. The standard InChI is InChI=1S/C20H24ClN3O2/c1-15(16-5-4-6-17(21)13-16)22-20(26)14-23-9-11-24(12-10-23)18-7-2-3-8-19(18)25/h2-8,13,15,25H,9-12,14H2,1H3,(H,22,26)/t15-/m0/s1. The van der Waals surface area contributed by atoms with Gasteiger partial charge in [-0.1, -0.05) is 35.9 Å². The number of aromatic hydroxyl groups is 1. The molecular formula is C20H24ClN3O2. The minimum absolute atomic E-state index is 0.00786. The zero-order valence-electron chi connectivity index (χ0n) is 14.9. The number of phenols is 1. The fraction of sp³-hybridized carbons (Fsp3) is 0.350. The molecule has 5 nitrogen and oxygen atoms in total. The summed E-state index contributed by atoms with van der Waals surface area (Å²) in [7, 11) is 0. The van der Waals surface area contributed by atoms with Crippen LogP contribution in [0, 0.1) is 0 Å². The van der Waals surface area contributed by atoms with Crippen LogP contribution in [0.25, 0.3) is 0 Å². The van der Waals surface area contributed by atoms with Gasteiger partial charge in [-0.3, -0.25) is 9.69 Å². The summed E-state index contributed by atoms with van der Waals surface area (Å²) >= 11 is 6.01. The van der Waals surface area contributed by atoms with E-state index in [4.69, 9.17) is 11.6 Å². The highest BCUT2D eigenvalue weighted by atomic mass is 35.5. The van der Waals surface area contributed by atoms with Crippen molar-refractivity contribution >= 4 is 23.2 Å².